The van der Waals surface area contributed by atoms with Gasteiger partial charge < -0.3 is 0 Å². The molecule has 0 saturated heterocycles. The lowest BCUT2D eigenvalue weighted by atomic mass is 9.86. The second-order valence-electron chi connectivity index (χ2n) is 5.02. The molecule has 3 aliphatic rings. The molecule has 0 fully saturated rings. The molecule has 0 spiro atoms. The van der Waals surface area contributed by atoms with E-state index in [0.29, 0.717) is 0 Å². The third-order valence-electron chi connectivity index (χ3n) is 3.75. The van der Waals surface area contributed by atoms with Crippen molar-refractivity contribution >= 4 is 11.4 Å². The third kappa shape index (κ3) is 1.92. The van der Waals surface area contributed by atoms with Crippen molar-refractivity contribution < 1.29 is 26.3 Å². The molecule has 0 saturated carbocycles. The summed E-state index contributed by atoms with van der Waals surface area (Å²) in [4.78, 5) is 7.05. The highest BCUT2D eigenvalue weighted by Crippen LogP contribution is 2.40. The number of allylic oxidation sites excluding steroid dienone is 4. The minimum atomic E-state index is -2.85. The second kappa shape index (κ2) is 5.34. The Morgan fingerprint density at radius 3 is 2.04 bits per heavy atom. The summed E-state index contributed by atoms with van der Waals surface area (Å²) in [6.45, 7) is 0. The van der Waals surface area contributed by atoms with E-state index in [1.54, 1.807) is 0 Å². The van der Waals surface area contributed by atoms with E-state index in [2.05, 4.69) is 9.98 Å². The zero-order valence-electron chi connectivity index (χ0n) is 11.4. The molecule has 3 rings (SSSR count). The summed E-state index contributed by atoms with van der Waals surface area (Å²) in [6.07, 6.45) is -5.55. The monoisotopic (exact) mass is 342 g/mol. The highest BCUT2D eigenvalue weighted by molar-refractivity contribution is 6.52. The van der Waals surface area contributed by atoms with Gasteiger partial charge in [-0.05, 0) is 0 Å². The van der Waals surface area contributed by atoms with E-state index in [-0.39, 0.29) is 0 Å². The highest BCUT2D eigenvalue weighted by atomic mass is 19.2. The molecule has 24 heavy (non-hydrogen) atoms. The number of halogens is 6. The summed E-state index contributed by atoms with van der Waals surface area (Å²) in [5.74, 6) is -7.27. The van der Waals surface area contributed by atoms with Gasteiger partial charge in [0.1, 0.15) is 41.2 Å². The molecule has 1 aliphatic heterocycles. The zero-order chi connectivity index (χ0) is 17.8. The van der Waals surface area contributed by atoms with Gasteiger partial charge in [0.2, 0.25) is 0 Å². The van der Waals surface area contributed by atoms with Crippen LogP contribution < -0.4 is 0 Å². The first kappa shape index (κ1) is 16.0. The molecule has 0 aromatic carbocycles. The quantitative estimate of drug-likeness (QED) is 0.635. The van der Waals surface area contributed by atoms with Gasteiger partial charge in [0.25, 0.3) is 0 Å². The van der Waals surface area contributed by atoms with E-state index in [1.165, 1.54) is 12.1 Å². The number of rotatable bonds is 0. The molecule has 1 heterocycles. The Morgan fingerprint density at radius 2 is 1.46 bits per heavy atom. The predicted octanol–water partition coefficient (Wildman–Crippen LogP) is 2.97. The summed E-state index contributed by atoms with van der Waals surface area (Å²) in [5, 5.41) is 17.8. The highest BCUT2D eigenvalue weighted by Gasteiger charge is 2.48. The summed E-state index contributed by atoms with van der Waals surface area (Å²) < 4.78 is 82.3. The Morgan fingerprint density at radius 1 is 0.792 bits per heavy atom. The smallest absolute Gasteiger partial charge is 0.193 e. The van der Waals surface area contributed by atoms with Crippen molar-refractivity contribution in [3.63, 3.8) is 0 Å². The fraction of sp³-hybridized carbons (Fsp3) is 0.286. The molecule has 0 aromatic heterocycles. The largest absolute Gasteiger partial charge is 0.271 e. The number of alkyl halides is 2. The van der Waals surface area contributed by atoms with Gasteiger partial charge in [-0.15, -0.1) is 0 Å². The van der Waals surface area contributed by atoms with Crippen molar-refractivity contribution in [3.8, 4) is 12.1 Å². The fourth-order valence-corrected chi connectivity index (χ4v) is 2.59. The van der Waals surface area contributed by atoms with Gasteiger partial charge in [0.15, 0.2) is 35.7 Å². The molecule has 10 heteroatoms. The van der Waals surface area contributed by atoms with Crippen LogP contribution in [0.4, 0.5) is 26.3 Å². The van der Waals surface area contributed by atoms with E-state index in [0.717, 1.165) is 0 Å². The maximum Gasteiger partial charge on any atom is 0.193 e. The van der Waals surface area contributed by atoms with Gasteiger partial charge in [0.05, 0.1) is 5.57 Å². The molecular weight excluding hydrogens is 338 g/mol. The van der Waals surface area contributed by atoms with Crippen LogP contribution in [0.2, 0.25) is 0 Å². The van der Waals surface area contributed by atoms with E-state index >= 15 is 0 Å². The van der Waals surface area contributed by atoms with Crippen molar-refractivity contribution in [2.75, 3.05) is 0 Å². The molecule has 0 bridgehead atoms. The Hall–Kier alpha value is -2.88. The number of fused-ring (bicyclic) bond motifs is 2. The van der Waals surface area contributed by atoms with Crippen LogP contribution in [0.5, 0.6) is 0 Å². The summed E-state index contributed by atoms with van der Waals surface area (Å²) in [5.41, 5.74) is -3.55. The van der Waals surface area contributed by atoms with Crippen LogP contribution in [-0.2, 0) is 0 Å². The number of aliphatic imine (C=N–C) groups is 2. The molecule has 2 aliphatic carbocycles. The summed E-state index contributed by atoms with van der Waals surface area (Å²) in [7, 11) is 0. The SMILES string of the molecule is N#CC1=C(F)C(F)C(F)C2=NC3C(F)=C(F)C(F)=C(C#N)C3N=C21. The Kier molecular flexibility index (Phi) is 3.56. The average molecular weight is 342 g/mol. The van der Waals surface area contributed by atoms with Gasteiger partial charge in [-0.2, -0.15) is 10.5 Å². The van der Waals surface area contributed by atoms with Crippen molar-refractivity contribution in [2.24, 2.45) is 9.98 Å². The van der Waals surface area contributed by atoms with Gasteiger partial charge in [-0.25, -0.2) is 26.3 Å². The standard InChI is InChI=1S/C14H4F6N4/c15-5-3(1-21)11-13(9(19)7(5)17)24-14-10(20)8(18)6(16)4(2-22)12(14)23-11/h7,9,12,14H. The lowest BCUT2D eigenvalue weighted by molar-refractivity contribution is 0.220. The van der Waals surface area contributed by atoms with Gasteiger partial charge in [-0.3, -0.25) is 9.98 Å². The Labute approximate surface area is 130 Å². The second-order valence-corrected chi connectivity index (χ2v) is 5.02. The van der Waals surface area contributed by atoms with Crippen LogP contribution in [0, 0.1) is 22.7 Å². The molecule has 4 unspecified atom stereocenters. The maximum absolute atomic E-state index is 14.0. The van der Waals surface area contributed by atoms with E-state index < -0.39 is 70.3 Å². The molecule has 122 valence electrons. The van der Waals surface area contributed by atoms with Crippen LogP contribution in [0.15, 0.2) is 44.4 Å². The van der Waals surface area contributed by atoms with Crippen LogP contribution in [-0.4, -0.2) is 35.9 Å². The zero-order valence-corrected chi connectivity index (χ0v) is 11.4. The predicted molar refractivity (Wildman–Crippen MR) is 69.0 cm³/mol. The maximum atomic E-state index is 14.0. The first-order chi connectivity index (χ1) is 11.3. The van der Waals surface area contributed by atoms with Crippen molar-refractivity contribution in [1.82, 2.24) is 0 Å². The molecule has 0 N–H and O–H groups in total. The van der Waals surface area contributed by atoms with Crippen LogP contribution in [0.1, 0.15) is 0 Å². The number of hydrogen-bond acceptors (Lipinski definition) is 4. The van der Waals surface area contributed by atoms with Crippen molar-refractivity contribution in [3.05, 3.63) is 34.5 Å². The van der Waals surface area contributed by atoms with Gasteiger partial charge >= 0.3 is 0 Å². The van der Waals surface area contributed by atoms with E-state index in [4.69, 9.17) is 10.5 Å². The molecule has 0 radical (unpaired) electrons. The fourth-order valence-electron chi connectivity index (χ4n) is 2.59. The molecule has 4 nitrogen and oxygen atoms in total. The number of hydrogen-bond donors (Lipinski definition) is 0. The Balaban J connectivity index is 2.26. The average Bonchev–Trinajstić information content (AvgIpc) is 2.58. The third-order valence-corrected chi connectivity index (χ3v) is 3.75. The van der Waals surface area contributed by atoms with Gasteiger partial charge in [-0.1, -0.05) is 0 Å². The van der Waals surface area contributed by atoms with Gasteiger partial charge in [0, 0.05) is 0 Å². The minimum absolute atomic E-state index is 0.742. The minimum Gasteiger partial charge on any atom is -0.271 e. The summed E-state index contributed by atoms with van der Waals surface area (Å²) >= 11 is 0. The first-order valence-electron chi connectivity index (χ1n) is 6.42. The molecular formula is C14H4F6N4. The van der Waals surface area contributed by atoms with Crippen LogP contribution in [0.25, 0.3) is 0 Å². The lowest BCUT2D eigenvalue weighted by Crippen LogP contribution is -2.46. The first-order valence-corrected chi connectivity index (χ1v) is 6.42. The van der Waals surface area contributed by atoms with E-state index in [9.17, 15) is 26.3 Å². The molecule has 0 aromatic rings. The van der Waals surface area contributed by atoms with Crippen LogP contribution >= 0.6 is 0 Å². The number of nitrogens with zero attached hydrogens (tertiary/aromatic N) is 4. The van der Waals surface area contributed by atoms with Crippen molar-refractivity contribution in [2.45, 2.75) is 24.4 Å². The number of nitriles is 2. The molecule has 4 atom stereocenters. The summed E-state index contributed by atoms with van der Waals surface area (Å²) in [6, 6.07) is -1.10. The van der Waals surface area contributed by atoms with Crippen molar-refractivity contribution in [1.29, 1.82) is 10.5 Å². The van der Waals surface area contributed by atoms with Crippen LogP contribution in [0.3, 0.4) is 0 Å². The topological polar surface area (TPSA) is 72.3 Å². The normalized spacial score (nSPS) is 32.5. The lowest BCUT2D eigenvalue weighted by Gasteiger charge is -2.32. The Bertz CT molecular complexity index is 882. The van der Waals surface area contributed by atoms with E-state index in [1.807, 2.05) is 0 Å². The molecule has 0 amide bonds.